The molecule has 0 aliphatic carbocycles. The molecule has 0 saturated carbocycles. The fourth-order valence-electron chi connectivity index (χ4n) is 3.61. The summed E-state index contributed by atoms with van der Waals surface area (Å²) in [4.78, 5) is 45.2. The van der Waals surface area contributed by atoms with E-state index in [9.17, 15) is 14.4 Å². The zero-order valence-electron chi connectivity index (χ0n) is 17.6. The van der Waals surface area contributed by atoms with Gasteiger partial charge in [-0.3, -0.25) is 9.59 Å². The van der Waals surface area contributed by atoms with Crippen molar-refractivity contribution in [2.45, 2.75) is 19.8 Å². The molecule has 3 heterocycles. The van der Waals surface area contributed by atoms with Crippen LogP contribution in [0, 0.1) is 5.92 Å². The third kappa shape index (κ3) is 4.89. The van der Waals surface area contributed by atoms with Crippen LogP contribution in [0.5, 0.6) is 0 Å². The number of thiophene rings is 1. The Kier molecular flexibility index (Phi) is 6.96. The Labute approximate surface area is 194 Å². The molecule has 2 aromatic heterocycles. The van der Waals surface area contributed by atoms with Gasteiger partial charge in [0.25, 0.3) is 5.91 Å². The minimum absolute atomic E-state index is 0.0189. The molecular weight excluding hydrogens is 446 g/mol. The first kappa shape index (κ1) is 22.2. The number of esters is 1. The molecule has 9 heteroatoms. The van der Waals surface area contributed by atoms with Crippen molar-refractivity contribution in [2.24, 2.45) is 5.92 Å². The van der Waals surface area contributed by atoms with E-state index in [0.717, 1.165) is 21.8 Å². The van der Waals surface area contributed by atoms with Crippen molar-refractivity contribution in [2.75, 3.05) is 25.0 Å². The van der Waals surface area contributed by atoms with Gasteiger partial charge in [0.05, 0.1) is 17.2 Å². The van der Waals surface area contributed by atoms with E-state index in [1.807, 2.05) is 47.8 Å². The number of aromatic nitrogens is 1. The Hall–Kier alpha value is -3.04. The van der Waals surface area contributed by atoms with E-state index in [4.69, 9.17) is 4.74 Å². The number of amides is 2. The lowest BCUT2D eigenvalue weighted by atomic mass is 9.96. The van der Waals surface area contributed by atoms with Crippen LogP contribution in [0.25, 0.3) is 11.3 Å². The average molecular weight is 470 g/mol. The number of piperidine rings is 1. The largest absolute Gasteiger partial charge is 0.462 e. The SMILES string of the molecule is CCOC(=O)c1sc(NC(=O)C2CCN(C(=O)c3cccs3)CC2)nc1-c1ccccc1. The summed E-state index contributed by atoms with van der Waals surface area (Å²) >= 11 is 2.54. The van der Waals surface area contributed by atoms with Crippen LogP contribution >= 0.6 is 22.7 Å². The first-order valence-corrected chi connectivity index (χ1v) is 12.1. The summed E-state index contributed by atoms with van der Waals surface area (Å²) in [6.07, 6.45) is 1.18. The lowest BCUT2D eigenvalue weighted by Crippen LogP contribution is -2.41. The monoisotopic (exact) mass is 469 g/mol. The van der Waals surface area contributed by atoms with Crippen molar-refractivity contribution < 1.29 is 19.1 Å². The van der Waals surface area contributed by atoms with Gasteiger partial charge in [0.2, 0.25) is 5.91 Å². The number of carbonyl (C=O) groups is 3. The maximum absolute atomic E-state index is 12.9. The first-order valence-electron chi connectivity index (χ1n) is 10.4. The van der Waals surface area contributed by atoms with Crippen molar-refractivity contribution in [3.05, 3.63) is 57.6 Å². The molecule has 4 rings (SSSR count). The minimum Gasteiger partial charge on any atom is -0.462 e. The summed E-state index contributed by atoms with van der Waals surface area (Å²) in [6, 6.07) is 13.0. The number of hydrogen-bond acceptors (Lipinski definition) is 7. The smallest absolute Gasteiger partial charge is 0.350 e. The van der Waals surface area contributed by atoms with Crippen LogP contribution in [-0.2, 0) is 9.53 Å². The van der Waals surface area contributed by atoms with Crippen molar-refractivity contribution in [1.29, 1.82) is 0 Å². The van der Waals surface area contributed by atoms with E-state index >= 15 is 0 Å². The molecule has 3 aromatic rings. The van der Waals surface area contributed by atoms with Crippen molar-refractivity contribution in [3.63, 3.8) is 0 Å². The second-order valence-corrected chi connectivity index (χ2v) is 9.26. The number of carbonyl (C=O) groups excluding carboxylic acids is 3. The van der Waals surface area contributed by atoms with Gasteiger partial charge in [-0.2, -0.15) is 0 Å². The highest BCUT2D eigenvalue weighted by atomic mass is 32.1. The molecule has 32 heavy (non-hydrogen) atoms. The molecule has 1 fully saturated rings. The second kappa shape index (κ2) is 10.1. The van der Waals surface area contributed by atoms with Gasteiger partial charge in [-0.1, -0.05) is 47.7 Å². The lowest BCUT2D eigenvalue weighted by molar-refractivity contribution is -0.121. The summed E-state index contributed by atoms with van der Waals surface area (Å²) in [5.74, 6) is -0.787. The number of anilines is 1. The number of thiazole rings is 1. The molecule has 1 saturated heterocycles. The predicted octanol–water partition coefficient (Wildman–Crippen LogP) is 4.54. The van der Waals surface area contributed by atoms with Gasteiger partial charge in [-0.05, 0) is 31.2 Å². The van der Waals surface area contributed by atoms with Gasteiger partial charge in [-0.15, -0.1) is 11.3 Å². The summed E-state index contributed by atoms with van der Waals surface area (Å²) in [5, 5.41) is 5.12. The van der Waals surface area contributed by atoms with Crippen molar-refractivity contribution >= 4 is 45.6 Å². The molecule has 7 nitrogen and oxygen atoms in total. The van der Waals surface area contributed by atoms with Crippen LogP contribution in [0.1, 0.15) is 39.1 Å². The lowest BCUT2D eigenvalue weighted by Gasteiger charge is -2.30. The zero-order chi connectivity index (χ0) is 22.5. The van der Waals surface area contributed by atoms with Gasteiger partial charge in [-0.25, -0.2) is 9.78 Å². The summed E-state index contributed by atoms with van der Waals surface area (Å²) in [6.45, 7) is 3.08. The van der Waals surface area contributed by atoms with Gasteiger partial charge in [0, 0.05) is 24.6 Å². The average Bonchev–Trinajstić information content (AvgIpc) is 3.50. The molecule has 0 radical (unpaired) electrons. The minimum atomic E-state index is -0.454. The highest BCUT2D eigenvalue weighted by molar-refractivity contribution is 7.18. The molecule has 2 amide bonds. The topological polar surface area (TPSA) is 88.6 Å². The molecular formula is C23H23N3O4S2. The van der Waals surface area contributed by atoms with E-state index in [1.165, 1.54) is 11.3 Å². The van der Waals surface area contributed by atoms with Crippen LogP contribution < -0.4 is 5.32 Å². The highest BCUT2D eigenvalue weighted by Gasteiger charge is 2.29. The number of likely N-dealkylation sites (tertiary alicyclic amines) is 1. The van der Waals surface area contributed by atoms with Gasteiger partial charge in [0.15, 0.2) is 5.13 Å². The Morgan fingerprint density at radius 3 is 2.53 bits per heavy atom. The summed E-state index contributed by atoms with van der Waals surface area (Å²) in [7, 11) is 0. The van der Waals surface area contributed by atoms with Crippen LogP contribution in [0.2, 0.25) is 0 Å². The second-order valence-electron chi connectivity index (χ2n) is 7.32. The third-order valence-electron chi connectivity index (χ3n) is 5.25. The Morgan fingerprint density at radius 1 is 1.12 bits per heavy atom. The standard InChI is InChI=1S/C23H23N3O4S2/c1-2-30-22(29)19-18(15-7-4-3-5-8-15)24-23(32-19)25-20(27)16-10-12-26(13-11-16)21(28)17-9-6-14-31-17/h3-9,14,16H,2,10-13H2,1H3,(H,24,25,27). The fourth-order valence-corrected chi connectivity index (χ4v) is 5.18. The van der Waals surface area contributed by atoms with Gasteiger partial charge >= 0.3 is 5.97 Å². The van der Waals surface area contributed by atoms with E-state index in [-0.39, 0.29) is 24.3 Å². The predicted molar refractivity (Wildman–Crippen MR) is 125 cm³/mol. The number of nitrogens with zero attached hydrogens (tertiary/aromatic N) is 2. The Morgan fingerprint density at radius 2 is 1.88 bits per heavy atom. The molecule has 0 bridgehead atoms. The van der Waals surface area contributed by atoms with Crippen LogP contribution in [-0.4, -0.2) is 47.4 Å². The molecule has 0 spiro atoms. The Bertz CT molecular complexity index is 1090. The number of nitrogens with one attached hydrogen (secondary N) is 1. The third-order valence-corrected chi connectivity index (χ3v) is 7.06. The first-order chi connectivity index (χ1) is 15.6. The normalized spacial score (nSPS) is 14.2. The van der Waals surface area contributed by atoms with Crippen molar-refractivity contribution in [1.82, 2.24) is 9.88 Å². The number of ether oxygens (including phenoxy) is 1. The molecule has 1 aromatic carbocycles. The maximum atomic E-state index is 12.9. The Balaban J connectivity index is 1.43. The number of hydrogen-bond donors (Lipinski definition) is 1. The zero-order valence-corrected chi connectivity index (χ0v) is 19.2. The summed E-state index contributed by atoms with van der Waals surface area (Å²) < 4.78 is 5.17. The molecule has 1 N–H and O–H groups in total. The molecule has 1 aliphatic rings. The highest BCUT2D eigenvalue weighted by Crippen LogP contribution is 2.32. The quantitative estimate of drug-likeness (QED) is 0.536. The fraction of sp³-hybridized carbons (Fsp3) is 0.304. The van der Waals surface area contributed by atoms with Crippen LogP contribution in [0.3, 0.4) is 0 Å². The van der Waals surface area contributed by atoms with Crippen LogP contribution in [0.15, 0.2) is 47.8 Å². The molecule has 166 valence electrons. The maximum Gasteiger partial charge on any atom is 0.350 e. The van der Waals surface area contributed by atoms with Gasteiger partial charge < -0.3 is 15.0 Å². The number of benzene rings is 1. The van der Waals surface area contributed by atoms with E-state index < -0.39 is 5.97 Å². The van der Waals surface area contributed by atoms with E-state index in [1.54, 1.807) is 11.8 Å². The molecule has 1 aliphatic heterocycles. The van der Waals surface area contributed by atoms with Gasteiger partial charge in [0.1, 0.15) is 4.88 Å². The van der Waals surface area contributed by atoms with E-state index in [2.05, 4.69) is 10.3 Å². The van der Waals surface area contributed by atoms with Crippen LogP contribution in [0.4, 0.5) is 5.13 Å². The molecule has 0 unspecified atom stereocenters. The molecule has 0 atom stereocenters. The number of rotatable bonds is 6. The summed E-state index contributed by atoms with van der Waals surface area (Å²) in [5.41, 5.74) is 1.29. The van der Waals surface area contributed by atoms with Crippen molar-refractivity contribution in [3.8, 4) is 11.3 Å². The van der Waals surface area contributed by atoms with E-state index in [0.29, 0.717) is 41.6 Å².